The van der Waals surface area contributed by atoms with Crippen LogP contribution in [0.4, 0.5) is 8.78 Å². The van der Waals surface area contributed by atoms with Gasteiger partial charge in [0.2, 0.25) is 6.29 Å². The van der Waals surface area contributed by atoms with Gasteiger partial charge in [-0.15, -0.1) is 0 Å². The van der Waals surface area contributed by atoms with E-state index in [1.807, 2.05) is 0 Å². The largest absolute Gasteiger partial charge is 0.379 e. The van der Waals surface area contributed by atoms with E-state index in [9.17, 15) is 8.78 Å². The highest BCUT2D eigenvalue weighted by Crippen LogP contribution is 2.21. The molecular formula is C8H14F2O3. The van der Waals surface area contributed by atoms with Crippen LogP contribution in [-0.2, 0) is 9.47 Å². The van der Waals surface area contributed by atoms with Crippen molar-refractivity contribution in [3.63, 3.8) is 0 Å². The lowest BCUT2D eigenvalue weighted by Gasteiger charge is -2.27. The highest BCUT2D eigenvalue weighted by Gasteiger charge is 2.35. The maximum Gasteiger partial charge on any atom is 0.295 e. The van der Waals surface area contributed by atoms with Crippen molar-refractivity contribution in [3.05, 3.63) is 0 Å². The third-order valence-corrected chi connectivity index (χ3v) is 1.87. The Hall–Kier alpha value is -0.260. The van der Waals surface area contributed by atoms with Crippen molar-refractivity contribution < 1.29 is 23.4 Å². The first-order valence-electron chi connectivity index (χ1n) is 4.29. The van der Waals surface area contributed by atoms with Crippen LogP contribution >= 0.6 is 0 Å². The summed E-state index contributed by atoms with van der Waals surface area (Å²) in [5.41, 5.74) is 0. The SMILES string of the molecule is CC(F)(F)C(O)OC1CCCOC1. The Morgan fingerprint density at radius 1 is 1.62 bits per heavy atom. The summed E-state index contributed by atoms with van der Waals surface area (Å²) in [6.45, 7) is 1.55. The summed E-state index contributed by atoms with van der Waals surface area (Å²) in [5, 5.41) is 8.91. The fraction of sp³-hybridized carbons (Fsp3) is 1.00. The van der Waals surface area contributed by atoms with Crippen LogP contribution in [0.15, 0.2) is 0 Å². The zero-order chi connectivity index (χ0) is 9.90. The average Bonchev–Trinajstić information content (AvgIpc) is 2.04. The number of aliphatic hydroxyl groups is 1. The van der Waals surface area contributed by atoms with Crippen molar-refractivity contribution in [2.45, 2.75) is 38.1 Å². The van der Waals surface area contributed by atoms with Crippen LogP contribution in [0.25, 0.3) is 0 Å². The lowest BCUT2D eigenvalue weighted by Crippen LogP contribution is -2.38. The zero-order valence-electron chi connectivity index (χ0n) is 7.50. The zero-order valence-corrected chi connectivity index (χ0v) is 7.50. The van der Waals surface area contributed by atoms with Gasteiger partial charge in [-0.25, -0.2) is 8.78 Å². The van der Waals surface area contributed by atoms with Gasteiger partial charge in [-0.1, -0.05) is 0 Å². The first-order chi connectivity index (χ1) is 6.00. The van der Waals surface area contributed by atoms with Crippen molar-refractivity contribution in [2.24, 2.45) is 0 Å². The molecule has 0 aromatic rings. The normalized spacial score (nSPS) is 27.2. The molecule has 1 aliphatic rings. The van der Waals surface area contributed by atoms with Crippen LogP contribution < -0.4 is 0 Å². The van der Waals surface area contributed by atoms with E-state index in [2.05, 4.69) is 0 Å². The van der Waals surface area contributed by atoms with Gasteiger partial charge in [0, 0.05) is 13.5 Å². The molecule has 1 heterocycles. The van der Waals surface area contributed by atoms with Gasteiger partial charge in [-0.05, 0) is 12.8 Å². The third kappa shape index (κ3) is 3.54. The molecule has 78 valence electrons. The molecule has 0 saturated carbocycles. The molecule has 1 N–H and O–H groups in total. The predicted molar refractivity (Wildman–Crippen MR) is 41.6 cm³/mol. The molecule has 3 nitrogen and oxygen atoms in total. The Morgan fingerprint density at radius 3 is 2.77 bits per heavy atom. The van der Waals surface area contributed by atoms with E-state index in [4.69, 9.17) is 14.6 Å². The molecule has 0 aromatic carbocycles. The maximum absolute atomic E-state index is 12.5. The molecule has 5 heteroatoms. The molecule has 0 spiro atoms. The summed E-state index contributed by atoms with van der Waals surface area (Å²) in [4.78, 5) is 0. The molecule has 2 atom stereocenters. The fourth-order valence-electron chi connectivity index (χ4n) is 1.12. The average molecular weight is 196 g/mol. The second-order valence-electron chi connectivity index (χ2n) is 3.28. The number of aliphatic hydroxyl groups excluding tert-OH is 1. The smallest absolute Gasteiger partial charge is 0.295 e. The summed E-state index contributed by atoms with van der Waals surface area (Å²) < 4.78 is 34.7. The van der Waals surface area contributed by atoms with Crippen LogP contribution in [0.1, 0.15) is 19.8 Å². The molecule has 1 fully saturated rings. The molecule has 0 aromatic heterocycles. The molecule has 13 heavy (non-hydrogen) atoms. The molecule has 1 saturated heterocycles. The van der Waals surface area contributed by atoms with Gasteiger partial charge < -0.3 is 14.6 Å². The van der Waals surface area contributed by atoms with Crippen molar-refractivity contribution in [2.75, 3.05) is 13.2 Å². The van der Waals surface area contributed by atoms with E-state index >= 15 is 0 Å². The summed E-state index contributed by atoms with van der Waals surface area (Å²) in [6, 6.07) is 0. The Kier molecular flexibility index (Phi) is 3.58. The van der Waals surface area contributed by atoms with Gasteiger partial charge >= 0.3 is 0 Å². The van der Waals surface area contributed by atoms with E-state index in [-0.39, 0.29) is 6.61 Å². The first kappa shape index (κ1) is 10.8. The summed E-state index contributed by atoms with van der Waals surface area (Å²) in [6.07, 6.45) is -0.992. The molecule has 0 amide bonds. The number of rotatable bonds is 3. The van der Waals surface area contributed by atoms with Crippen LogP contribution in [0, 0.1) is 0 Å². The highest BCUT2D eigenvalue weighted by atomic mass is 19.3. The lowest BCUT2D eigenvalue weighted by atomic mass is 10.2. The first-order valence-corrected chi connectivity index (χ1v) is 4.29. The molecule has 2 unspecified atom stereocenters. The van der Waals surface area contributed by atoms with Gasteiger partial charge in [-0.3, -0.25) is 0 Å². The van der Waals surface area contributed by atoms with Crippen molar-refractivity contribution in [1.82, 2.24) is 0 Å². The highest BCUT2D eigenvalue weighted by molar-refractivity contribution is 4.67. The van der Waals surface area contributed by atoms with E-state index in [0.717, 1.165) is 6.42 Å². The van der Waals surface area contributed by atoms with Crippen molar-refractivity contribution in [1.29, 1.82) is 0 Å². The number of alkyl halides is 2. The summed E-state index contributed by atoms with van der Waals surface area (Å²) in [5.74, 6) is -3.21. The Bertz CT molecular complexity index is 152. The molecule has 0 bridgehead atoms. The second-order valence-corrected chi connectivity index (χ2v) is 3.28. The van der Waals surface area contributed by atoms with Crippen molar-refractivity contribution in [3.8, 4) is 0 Å². The Morgan fingerprint density at radius 2 is 2.31 bits per heavy atom. The number of hydrogen-bond donors (Lipinski definition) is 1. The van der Waals surface area contributed by atoms with Crippen LogP contribution in [0.2, 0.25) is 0 Å². The minimum Gasteiger partial charge on any atom is -0.379 e. The third-order valence-electron chi connectivity index (χ3n) is 1.87. The minimum absolute atomic E-state index is 0.285. The lowest BCUT2D eigenvalue weighted by molar-refractivity contribution is -0.255. The van der Waals surface area contributed by atoms with Crippen LogP contribution in [-0.4, -0.2) is 36.6 Å². The van der Waals surface area contributed by atoms with E-state index in [1.54, 1.807) is 0 Å². The summed E-state index contributed by atoms with van der Waals surface area (Å²) >= 11 is 0. The monoisotopic (exact) mass is 196 g/mol. The molecule has 0 radical (unpaired) electrons. The van der Waals surface area contributed by atoms with Gasteiger partial charge in [0.15, 0.2) is 0 Å². The Balaban J connectivity index is 2.30. The molecule has 1 rings (SSSR count). The van der Waals surface area contributed by atoms with Crippen LogP contribution in [0.5, 0.6) is 0 Å². The van der Waals surface area contributed by atoms with Crippen LogP contribution in [0.3, 0.4) is 0 Å². The molecule has 0 aliphatic carbocycles. The van der Waals surface area contributed by atoms with Gasteiger partial charge in [0.25, 0.3) is 5.92 Å². The number of ether oxygens (including phenoxy) is 2. The van der Waals surface area contributed by atoms with E-state index in [0.29, 0.717) is 20.0 Å². The fourth-order valence-corrected chi connectivity index (χ4v) is 1.12. The molecular weight excluding hydrogens is 182 g/mol. The van der Waals surface area contributed by atoms with E-state index < -0.39 is 18.3 Å². The summed E-state index contributed by atoms with van der Waals surface area (Å²) in [7, 11) is 0. The molecule has 1 aliphatic heterocycles. The van der Waals surface area contributed by atoms with Crippen molar-refractivity contribution >= 4 is 0 Å². The minimum atomic E-state index is -3.21. The Labute approximate surface area is 75.6 Å². The standard InChI is InChI=1S/C8H14F2O3/c1-8(9,10)7(11)13-6-3-2-4-12-5-6/h6-7,11H,2-5H2,1H3. The van der Waals surface area contributed by atoms with E-state index in [1.165, 1.54) is 0 Å². The van der Waals surface area contributed by atoms with Gasteiger partial charge in [-0.2, -0.15) is 0 Å². The number of hydrogen-bond acceptors (Lipinski definition) is 3. The topological polar surface area (TPSA) is 38.7 Å². The maximum atomic E-state index is 12.5. The second kappa shape index (κ2) is 4.30. The quantitative estimate of drug-likeness (QED) is 0.688. The van der Waals surface area contributed by atoms with Gasteiger partial charge in [0.05, 0.1) is 12.7 Å². The number of halogens is 2. The van der Waals surface area contributed by atoms with Gasteiger partial charge in [0.1, 0.15) is 0 Å². The predicted octanol–water partition coefficient (Wildman–Crippen LogP) is 1.16.